The second kappa shape index (κ2) is 11.4. The van der Waals surface area contributed by atoms with Crippen molar-refractivity contribution < 1.29 is 9.53 Å². The molecule has 0 N–H and O–H groups in total. The molecular formula is C24H31N3O2. The largest absolute Gasteiger partial charge is 0.360 e. The third-order valence-corrected chi connectivity index (χ3v) is 5.37. The molecule has 2 aliphatic rings. The Bertz CT molecular complexity index is 747. The van der Waals surface area contributed by atoms with Crippen LogP contribution in [0.25, 0.3) is 0 Å². The molecule has 2 saturated heterocycles. The maximum absolute atomic E-state index is 12.5. The molecular weight excluding hydrogens is 362 g/mol. The number of rotatable bonds is 8. The number of carbonyl (C=O) groups is 1. The van der Waals surface area contributed by atoms with Crippen molar-refractivity contribution in [3.63, 3.8) is 0 Å². The molecule has 1 atom stereocenters. The lowest BCUT2D eigenvalue weighted by atomic mass is 9.88. The van der Waals surface area contributed by atoms with Crippen molar-refractivity contribution in [2.75, 3.05) is 26.2 Å². The summed E-state index contributed by atoms with van der Waals surface area (Å²) in [6.45, 7) is 12.8. The van der Waals surface area contributed by atoms with Gasteiger partial charge < -0.3 is 14.5 Å². The summed E-state index contributed by atoms with van der Waals surface area (Å²) in [5, 5.41) is 8.58. The van der Waals surface area contributed by atoms with E-state index in [0.29, 0.717) is 6.54 Å². The van der Waals surface area contributed by atoms with Gasteiger partial charge in [-0.25, -0.2) is 0 Å². The van der Waals surface area contributed by atoms with E-state index in [1.807, 2.05) is 49.6 Å². The van der Waals surface area contributed by atoms with Crippen LogP contribution >= 0.6 is 0 Å². The van der Waals surface area contributed by atoms with Crippen LogP contribution in [-0.4, -0.2) is 53.6 Å². The number of piperidine rings is 1. The van der Waals surface area contributed by atoms with Gasteiger partial charge >= 0.3 is 0 Å². The Labute approximate surface area is 174 Å². The van der Waals surface area contributed by atoms with E-state index in [9.17, 15) is 4.79 Å². The van der Waals surface area contributed by atoms with Crippen LogP contribution < -0.4 is 0 Å². The van der Waals surface area contributed by atoms with E-state index in [0.717, 1.165) is 44.5 Å². The first kappa shape index (κ1) is 22.6. The lowest BCUT2D eigenvalue weighted by Crippen LogP contribution is -2.60. The summed E-state index contributed by atoms with van der Waals surface area (Å²) in [6.07, 6.45) is 18.4. The van der Waals surface area contributed by atoms with Gasteiger partial charge in [-0.2, -0.15) is 5.26 Å². The van der Waals surface area contributed by atoms with E-state index < -0.39 is 6.10 Å². The SMILES string of the molecule is C=C/C=C\C=C\N1CC2(CCN(CC/C(C=C)=C/C=C/C#N)CC2)OC(C)C1=O. The minimum absolute atomic E-state index is 0.00694. The zero-order valence-electron chi connectivity index (χ0n) is 17.3. The zero-order chi connectivity index (χ0) is 21.1. The van der Waals surface area contributed by atoms with Crippen LogP contribution in [0.15, 0.2) is 73.5 Å². The van der Waals surface area contributed by atoms with Gasteiger partial charge in [-0.15, -0.1) is 0 Å². The van der Waals surface area contributed by atoms with Crippen LogP contribution in [0, 0.1) is 11.3 Å². The summed E-state index contributed by atoms with van der Waals surface area (Å²) in [5.41, 5.74) is 0.844. The lowest BCUT2D eigenvalue weighted by Gasteiger charge is -2.48. The molecule has 2 rings (SSSR count). The van der Waals surface area contributed by atoms with Crippen LogP contribution in [-0.2, 0) is 9.53 Å². The van der Waals surface area contributed by atoms with E-state index in [-0.39, 0.29) is 11.5 Å². The number of hydrogen-bond donors (Lipinski definition) is 0. The van der Waals surface area contributed by atoms with E-state index >= 15 is 0 Å². The number of ether oxygens (including phenoxy) is 1. The molecule has 0 aliphatic carbocycles. The first-order valence-electron chi connectivity index (χ1n) is 10.1. The first-order chi connectivity index (χ1) is 14.0. The number of likely N-dealkylation sites (tertiary alicyclic amines) is 1. The number of morpholine rings is 1. The number of carbonyl (C=O) groups excluding carboxylic acids is 1. The molecule has 0 saturated carbocycles. The Morgan fingerprint density at radius 1 is 1.28 bits per heavy atom. The van der Waals surface area contributed by atoms with Crippen molar-refractivity contribution in [3.05, 3.63) is 73.5 Å². The highest BCUT2D eigenvalue weighted by Gasteiger charge is 2.44. The number of allylic oxidation sites excluding steroid dienone is 8. The standard InChI is InChI=1S/C24H31N3O2/c1-4-6-7-10-16-27-20-24(29-21(3)23(27)28)13-18-26(19-14-24)17-12-22(5-2)11-8-9-15-25/h4-11,16,21H,1-2,12-14,17-20H2,3H3/b7-6-,9-8+,16-10+,22-11+. The highest BCUT2D eigenvalue weighted by atomic mass is 16.5. The highest BCUT2D eigenvalue weighted by molar-refractivity contribution is 5.82. The van der Waals surface area contributed by atoms with Crippen molar-refractivity contribution in [3.8, 4) is 6.07 Å². The summed E-state index contributed by atoms with van der Waals surface area (Å²) in [5.74, 6) is 0.00694. The van der Waals surface area contributed by atoms with Crippen molar-refractivity contribution in [2.45, 2.75) is 37.9 Å². The Morgan fingerprint density at radius 3 is 2.69 bits per heavy atom. The van der Waals surface area contributed by atoms with E-state index in [1.54, 1.807) is 17.1 Å². The van der Waals surface area contributed by atoms with Gasteiger partial charge in [0.15, 0.2) is 0 Å². The fourth-order valence-electron chi connectivity index (χ4n) is 3.72. The summed E-state index contributed by atoms with van der Waals surface area (Å²) in [7, 11) is 0. The lowest BCUT2D eigenvalue weighted by molar-refractivity contribution is -0.184. The molecule has 1 spiro atoms. The van der Waals surface area contributed by atoms with Gasteiger partial charge in [-0.3, -0.25) is 4.79 Å². The van der Waals surface area contributed by atoms with E-state index in [2.05, 4.69) is 18.1 Å². The molecule has 0 aromatic rings. The van der Waals surface area contributed by atoms with Gasteiger partial charge in [0.1, 0.15) is 6.10 Å². The van der Waals surface area contributed by atoms with Crippen molar-refractivity contribution >= 4 is 5.91 Å². The Balaban J connectivity index is 1.92. The number of amides is 1. The molecule has 0 aromatic heterocycles. The molecule has 2 fully saturated rings. The topological polar surface area (TPSA) is 56.6 Å². The monoisotopic (exact) mass is 393 g/mol. The first-order valence-corrected chi connectivity index (χ1v) is 10.1. The van der Waals surface area contributed by atoms with Crippen molar-refractivity contribution in [1.82, 2.24) is 9.80 Å². The zero-order valence-corrected chi connectivity index (χ0v) is 17.3. The molecule has 1 amide bonds. The van der Waals surface area contributed by atoms with Gasteiger partial charge in [-0.1, -0.05) is 49.6 Å². The Hall–Kier alpha value is -2.68. The average Bonchev–Trinajstić information content (AvgIpc) is 2.73. The third-order valence-electron chi connectivity index (χ3n) is 5.37. The fraction of sp³-hybridized carbons (Fsp3) is 0.417. The van der Waals surface area contributed by atoms with Crippen LogP contribution in [0.5, 0.6) is 0 Å². The second-order valence-electron chi connectivity index (χ2n) is 7.40. The van der Waals surface area contributed by atoms with E-state index in [1.165, 1.54) is 6.08 Å². The van der Waals surface area contributed by atoms with Crippen LogP contribution in [0.3, 0.4) is 0 Å². The normalized spacial score (nSPS) is 23.3. The van der Waals surface area contributed by atoms with Crippen molar-refractivity contribution in [1.29, 1.82) is 5.26 Å². The number of hydrogen-bond acceptors (Lipinski definition) is 4. The quantitative estimate of drug-likeness (QED) is 0.463. The molecule has 0 bridgehead atoms. The molecule has 5 heteroatoms. The van der Waals surface area contributed by atoms with Crippen LogP contribution in [0.2, 0.25) is 0 Å². The summed E-state index contributed by atoms with van der Waals surface area (Å²) < 4.78 is 6.19. The number of nitrogens with zero attached hydrogens (tertiary/aromatic N) is 3. The van der Waals surface area contributed by atoms with Gasteiger partial charge in [0.05, 0.1) is 18.2 Å². The molecule has 0 aromatic carbocycles. The minimum Gasteiger partial charge on any atom is -0.360 e. The summed E-state index contributed by atoms with van der Waals surface area (Å²) in [4.78, 5) is 16.7. The van der Waals surface area contributed by atoms with E-state index in [4.69, 9.17) is 10.00 Å². The molecule has 2 aliphatic heterocycles. The van der Waals surface area contributed by atoms with Gasteiger partial charge in [0, 0.05) is 31.9 Å². The van der Waals surface area contributed by atoms with Crippen molar-refractivity contribution in [2.24, 2.45) is 0 Å². The van der Waals surface area contributed by atoms with Gasteiger partial charge in [-0.05, 0) is 37.8 Å². The summed E-state index contributed by atoms with van der Waals surface area (Å²) in [6, 6.07) is 1.99. The predicted octanol–water partition coefficient (Wildman–Crippen LogP) is 3.91. The highest BCUT2D eigenvalue weighted by Crippen LogP contribution is 2.33. The maximum atomic E-state index is 12.5. The average molecular weight is 394 g/mol. The van der Waals surface area contributed by atoms with Crippen LogP contribution in [0.1, 0.15) is 26.2 Å². The summed E-state index contributed by atoms with van der Waals surface area (Å²) >= 11 is 0. The second-order valence-corrected chi connectivity index (χ2v) is 7.40. The Kier molecular flexibility index (Phi) is 8.85. The van der Waals surface area contributed by atoms with Crippen LogP contribution in [0.4, 0.5) is 0 Å². The molecule has 0 radical (unpaired) electrons. The number of nitriles is 1. The predicted molar refractivity (Wildman–Crippen MR) is 117 cm³/mol. The molecule has 2 heterocycles. The third kappa shape index (κ3) is 6.70. The smallest absolute Gasteiger partial charge is 0.255 e. The Morgan fingerprint density at radius 2 is 2.03 bits per heavy atom. The molecule has 29 heavy (non-hydrogen) atoms. The molecule has 5 nitrogen and oxygen atoms in total. The molecule has 154 valence electrons. The fourth-order valence-corrected chi connectivity index (χ4v) is 3.72. The molecule has 1 unspecified atom stereocenters. The maximum Gasteiger partial charge on any atom is 0.255 e. The van der Waals surface area contributed by atoms with Gasteiger partial charge in [0.25, 0.3) is 5.91 Å². The van der Waals surface area contributed by atoms with Gasteiger partial charge in [0.2, 0.25) is 0 Å². The minimum atomic E-state index is -0.425.